The minimum atomic E-state index is -3.99. The zero-order valence-corrected chi connectivity index (χ0v) is 10.3. The van der Waals surface area contributed by atoms with E-state index in [1.54, 1.807) is 6.07 Å². The summed E-state index contributed by atoms with van der Waals surface area (Å²) >= 11 is 0. The van der Waals surface area contributed by atoms with Crippen LogP contribution in [0.2, 0.25) is 0 Å². The molecule has 2 aromatic carbocycles. The summed E-state index contributed by atoms with van der Waals surface area (Å²) < 4.78 is 40.7. The molecule has 0 radical (unpaired) electrons. The standard InChI is InChI=1S/C15H11F3O2/c16-12-8-6-11(7-9-12)14(20)15(17,18)13(19)10-4-2-1-3-5-10/h1-9,14,20H/t14-/m0/s1. The third kappa shape index (κ3) is 2.72. The first-order valence-electron chi connectivity index (χ1n) is 5.84. The Balaban J connectivity index is 2.29. The summed E-state index contributed by atoms with van der Waals surface area (Å²) in [4.78, 5) is 11.8. The highest BCUT2D eigenvalue weighted by Crippen LogP contribution is 2.34. The predicted molar refractivity (Wildman–Crippen MR) is 67.1 cm³/mol. The lowest BCUT2D eigenvalue weighted by molar-refractivity contribution is -0.0792. The van der Waals surface area contributed by atoms with Crippen LogP contribution in [-0.2, 0) is 0 Å². The number of rotatable bonds is 4. The van der Waals surface area contributed by atoms with Crippen LogP contribution in [0, 0.1) is 5.82 Å². The van der Waals surface area contributed by atoms with Crippen molar-refractivity contribution in [2.45, 2.75) is 12.0 Å². The molecule has 0 aliphatic rings. The Bertz CT molecular complexity index is 594. The molecule has 0 saturated heterocycles. The maximum atomic E-state index is 14.0. The molecular weight excluding hydrogens is 269 g/mol. The zero-order chi connectivity index (χ0) is 14.8. The van der Waals surface area contributed by atoms with Gasteiger partial charge in [0.1, 0.15) is 5.82 Å². The van der Waals surface area contributed by atoms with Crippen molar-refractivity contribution >= 4 is 5.78 Å². The van der Waals surface area contributed by atoms with Gasteiger partial charge in [0.25, 0.3) is 0 Å². The lowest BCUT2D eigenvalue weighted by Crippen LogP contribution is -2.35. The van der Waals surface area contributed by atoms with Crippen molar-refractivity contribution in [2.75, 3.05) is 0 Å². The quantitative estimate of drug-likeness (QED) is 0.872. The summed E-state index contributed by atoms with van der Waals surface area (Å²) in [6.07, 6.45) is -2.32. The van der Waals surface area contributed by atoms with Crippen LogP contribution in [0.5, 0.6) is 0 Å². The SMILES string of the molecule is O=C(c1ccccc1)C(F)(F)[C@@H](O)c1ccc(F)cc1. The second kappa shape index (κ2) is 5.46. The van der Waals surface area contributed by atoms with Crippen molar-refractivity contribution < 1.29 is 23.1 Å². The van der Waals surface area contributed by atoms with E-state index in [1.807, 2.05) is 0 Å². The normalized spacial score (nSPS) is 13.0. The fraction of sp³-hybridized carbons (Fsp3) is 0.133. The first-order chi connectivity index (χ1) is 9.43. The predicted octanol–water partition coefficient (Wildman–Crippen LogP) is 3.38. The molecule has 0 unspecified atom stereocenters. The van der Waals surface area contributed by atoms with Gasteiger partial charge in [0.15, 0.2) is 6.10 Å². The largest absolute Gasteiger partial charge is 0.382 e. The fourth-order valence-corrected chi connectivity index (χ4v) is 1.76. The molecule has 0 spiro atoms. The third-order valence-electron chi connectivity index (χ3n) is 2.87. The molecule has 5 heteroatoms. The number of carbonyl (C=O) groups is 1. The Kier molecular flexibility index (Phi) is 3.90. The number of hydrogen-bond acceptors (Lipinski definition) is 2. The maximum Gasteiger partial charge on any atom is 0.339 e. The van der Waals surface area contributed by atoms with Crippen LogP contribution in [-0.4, -0.2) is 16.8 Å². The van der Waals surface area contributed by atoms with Gasteiger partial charge in [0.05, 0.1) is 0 Å². The van der Waals surface area contributed by atoms with Gasteiger partial charge in [0.2, 0.25) is 5.78 Å². The van der Waals surface area contributed by atoms with Crippen LogP contribution in [0.3, 0.4) is 0 Å². The van der Waals surface area contributed by atoms with Crippen molar-refractivity contribution in [3.8, 4) is 0 Å². The van der Waals surface area contributed by atoms with Crippen LogP contribution in [0.25, 0.3) is 0 Å². The molecule has 0 aliphatic heterocycles. The van der Waals surface area contributed by atoms with Gasteiger partial charge in [-0.15, -0.1) is 0 Å². The number of alkyl halides is 2. The van der Waals surface area contributed by atoms with Gasteiger partial charge in [0, 0.05) is 5.56 Å². The summed E-state index contributed by atoms with van der Waals surface area (Å²) in [7, 11) is 0. The third-order valence-corrected chi connectivity index (χ3v) is 2.87. The highest BCUT2D eigenvalue weighted by Gasteiger charge is 2.47. The van der Waals surface area contributed by atoms with E-state index in [9.17, 15) is 23.1 Å². The highest BCUT2D eigenvalue weighted by atomic mass is 19.3. The minimum absolute atomic E-state index is 0.196. The summed E-state index contributed by atoms with van der Waals surface area (Å²) in [5.41, 5.74) is -0.417. The lowest BCUT2D eigenvalue weighted by atomic mass is 9.96. The Morgan fingerprint density at radius 3 is 2.10 bits per heavy atom. The Morgan fingerprint density at radius 1 is 1.00 bits per heavy atom. The van der Waals surface area contributed by atoms with Crippen molar-refractivity contribution in [3.05, 3.63) is 71.5 Å². The van der Waals surface area contributed by atoms with Crippen molar-refractivity contribution in [1.82, 2.24) is 0 Å². The fourth-order valence-electron chi connectivity index (χ4n) is 1.76. The van der Waals surface area contributed by atoms with Crippen molar-refractivity contribution in [3.63, 3.8) is 0 Å². The van der Waals surface area contributed by atoms with E-state index < -0.39 is 23.6 Å². The lowest BCUT2D eigenvalue weighted by Gasteiger charge is -2.21. The van der Waals surface area contributed by atoms with Gasteiger partial charge in [-0.25, -0.2) is 4.39 Å². The van der Waals surface area contributed by atoms with Crippen molar-refractivity contribution in [2.24, 2.45) is 0 Å². The average molecular weight is 280 g/mol. The molecule has 0 saturated carbocycles. The van der Waals surface area contributed by atoms with Crippen LogP contribution in [0.4, 0.5) is 13.2 Å². The van der Waals surface area contributed by atoms with E-state index in [0.717, 1.165) is 24.3 Å². The molecule has 2 rings (SSSR count). The molecular formula is C15H11F3O2. The van der Waals surface area contributed by atoms with Gasteiger partial charge in [-0.1, -0.05) is 42.5 Å². The van der Waals surface area contributed by atoms with Gasteiger partial charge >= 0.3 is 5.92 Å². The minimum Gasteiger partial charge on any atom is -0.382 e. The summed E-state index contributed by atoms with van der Waals surface area (Å²) in [5, 5.41) is 9.68. The van der Waals surface area contributed by atoms with Gasteiger partial charge in [-0.05, 0) is 17.7 Å². The van der Waals surface area contributed by atoms with Crippen LogP contribution in [0.15, 0.2) is 54.6 Å². The first-order valence-corrected chi connectivity index (χ1v) is 5.84. The molecule has 2 nitrogen and oxygen atoms in total. The Morgan fingerprint density at radius 2 is 1.55 bits per heavy atom. The molecule has 1 atom stereocenters. The molecule has 104 valence electrons. The monoisotopic (exact) mass is 280 g/mol. The summed E-state index contributed by atoms with van der Waals surface area (Å²) in [6, 6.07) is 10.9. The Labute approximate surface area is 113 Å². The molecule has 0 aromatic heterocycles. The van der Waals surface area contributed by atoms with Gasteiger partial charge < -0.3 is 5.11 Å². The van der Waals surface area contributed by atoms with E-state index in [-0.39, 0.29) is 11.1 Å². The van der Waals surface area contributed by atoms with Crippen LogP contribution >= 0.6 is 0 Å². The van der Waals surface area contributed by atoms with Crippen LogP contribution in [0.1, 0.15) is 22.0 Å². The number of carbonyl (C=O) groups excluding carboxylic acids is 1. The van der Waals surface area contributed by atoms with Gasteiger partial charge in [-0.3, -0.25) is 4.79 Å². The number of ketones is 1. The summed E-state index contributed by atoms with van der Waals surface area (Å²) in [6.45, 7) is 0. The first kappa shape index (κ1) is 14.3. The molecule has 20 heavy (non-hydrogen) atoms. The topological polar surface area (TPSA) is 37.3 Å². The number of aliphatic hydroxyl groups is 1. The molecule has 0 amide bonds. The van der Waals surface area contributed by atoms with E-state index in [4.69, 9.17) is 0 Å². The molecule has 0 fully saturated rings. The molecule has 2 aromatic rings. The summed E-state index contributed by atoms with van der Waals surface area (Å²) in [5.74, 6) is -6.08. The Hall–Kier alpha value is -2.14. The smallest absolute Gasteiger partial charge is 0.339 e. The average Bonchev–Trinajstić information content (AvgIpc) is 2.47. The maximum absolute atomic E-state index is 14.0. The molecule has 1 N–H and O–H groups in total. The number of aliphatic hydroxyl groups excluding tert-OH is 1. The molecule has 0 aliphatic carbocycles. The number of halogens is 3. The zero-order valence-electron chi connectivity index (χ0n) is 10.3. The van der Waals surface area contributed by atoms with Crippen molar-refractivity contribution in [1.29, 1.82) is 0 Å². The highest BCUT2D eigenvalue weighted by molar-refractivity contribution is 6.01. The second-order valence-electron chi connectivity index (χ2n) is 4.27. The molecule has 0 heterocycles. The van der Waals surface area contributed by atoms with E-state index in [1.165, 1.54) is 24.3 Å². The number of Topliss-reactive ketones (excluding diaryl/α,β-unsaturated/α-hetero) is 1. The van der Waals surface area contributed by atoms with E-state index in [0.29, 0.717) is 0 Å². The van der Waals surface area contributed by atoms with E-state index in [2.05, 4.69) is 0 Å². The number of benzene rings is 2. The molecule has 0 bridgehead atoms. The van der Waals surface area contributed by atoms with Gasteiger partial charge in [-0.2, -0.15) is 8.78 Å². The number of hydrogen-bond donors (Lipinski definition) is 1. The van der Waals surface area contributed by atoms with Crippen LogP contribution < -0.4 is 0 Å². The second-order valence-corrected chi connectivity index (χ2v) is 4.27. The van der Waals surface area contributed by atoms with E-state index >= 15 is 0 Å².